The Labute approximate surface area is 189 Å². The van der Waals surface area contributed by atoms with Gasteiger partial charge in [-0.25, -0.2) is 4.68 Å². The maximum absolute atomic E-state index is 6.06. The smallest absolute Gasteiger partial charge is 0.209 e. The van der Waals surface area contributed by atoms with Crippen molar-refractivity contribution in [2.24, 2.45) is 7.05 Å². The van der Waals surface area contributed by atoms with E-state index in [-0.39, 0.29) is 0 Å². The average Bonchev–Trinajstić information content (AvgIpc) is 3.13. The van der Waals surface area contributed by atoms with Crippen molar-refractivity contribution in [3.05, 3.63) is 57.6 Å². The molecule has 0 unspecified atom stereocenters. The lowest BCUT2D eigenvalue weighted by Gasteiger charge is -2.15. The van der Waals surface area contributed by atoms with Crippen LogP contribution < -0.4 is 14.8 Å². The highest BCUT2D eigenvalue weighted by atomic mass is 79.9. The Morgan fingerprint density at radius 3 is 2.73 bits per heavy atom. The van der Waals surface area contributed by atoms with E-state index in [9.17, 15) is 0 Å². The van der Waals surface area contributed by atoms with Gasteiger partial charge in [0.25, 0.3) is 0 Å². The van der Waals surface area contributed by atoms with E-state index in [0.717, 1.165) is 51.1 Å². The van der Waals surface area contributed by atoms with Crippen molar-refractivity contribution in [1.29, 1.82) is 0 Å². The number of halogens is 1. The van der Waals surface area contributed by atoms with Gasteiger partial charge < -0.3 is 14.8 Å². The van der Waals surface area contributed by atoms with Crippen molar-refractivity contribution in [2.75, 3.05) is 18.9 Å². The van der Waals surface area contributed by atoms with Crippen molar-refractivity contribution in [1.82, 2.24) is 25.5 Å². The molecule has 160 valence electrons. The van der Waals surface area contributed by atoms with E-state index in [2.05, 4.69) is 61.9 Å². The van der Waals surface area contributed by atoms with Gasteiger partial charge in [-0.2, -0.15) is 0 Å². The molecule has 0 amide bonds. The van der Waals surface area contributed by atoms with Crippen LogP contribution in [0.5, 0.6) is 11.5 Å². The van der Waals surface area contributed by atoms with Gasteiger partial charge in [-0.1, -0.05) is 57.5 Å². The van der Waals surface area contributed by atoms with E-state index in [1.807, 2.05) is 32.2 Å². The molecule has 0 aliphatic rings. The van der Waals surface area contributed by atoms with Crippen molar-refractivity contribution in [2.45, 2.75) is 32.2 Å². The van der Waals surface area contributed by atoms with E-state index < -0.39 is 0 Å². The molecule has 0 radical (unpaired) electrons. The third-order valence-corrected chi connectivity index (χ3v) is 6.05. The zero-order chi connectivity index (χ0) is 21.3. The standard InChI is InChI=1S/C21H26BrN5O2S/c1-4-28-19-11-17(13-23-8-9-30-21-24-25-26-27(21)3)18(22)12-20(19)29-14-16-7-5-6-15(2)10-16/h5-7,10-12,23H,4,8-9,13-14H2,1-3H3. The van der Waals surface area contributed by atoms with Crippen LogP contribution in [0.3, 0.4) is 0 Å². The van der Waals surface area contributed by atoms with Crippen LogP contribution in [-0.4, -0.2) is 39.1 Å². The van der Waals surface area contributed by atoms with Gasteiger partial charge in [0.1, 0.15) is 6.61 Å². The van der Waals surface area contributed by atoms with E-state index in [4.69, 9.17) is 9.47 Å². The van der Waals surface area contributed by atoms with Crippen LogP contribution in [0.15, 0.2) is 46.0 Å². The number of aryl methyl sites for hydroxylation is 2. The number of thioether (sulfide) groups is 1. The first-order valence-corrected chi connectivity index (χ1v) is 11.5. The Hall–Kier alpha value is -2.10. The fourth-order valence-electron chi connectivity index (χ4n) is 2.84. The minimum Gasteiger partial charge on any atom is -0.490 e. The molecule has 0 aliphatic carbocycles. The minimum atomic E-state index is 0.500. The summed E-state index contributed by atoms with van der Waals surface area (Å²) in [4.78, 5) is 0. The molecular formula is C21H26BrN5O2S. The average molecular weight is 492 g/mol. The van der Waals surface area contributed by atoms with Gasteiger partial charge in [-0.15, -0.1) is 5.10 Å². The fraction of sp³-hybridized carbons (Fsp3) is 0.381. The SMILES string of the molecule is CCOc1cc(CNCCSc2nnnn2C)c(Br)cc1OCc1cccc(C)c1. The van der Waals surface area contributed by atoms with Crippen LogP contribution in [0, 0.1) is 6.92 Å². The molecule has 0 atom stereocenters. The predicted octanol–water partition coefficient (Wildman–Crippen LogP) is 4.14. The number of hydrogen-bond donors (Lipinski definition) is 1. The first-order chi connectivity index (χ1) is 14.6. The number of benzene rings is 2. The number of ether oxygens (including phenoxy) is 2. The van der Waals surface area contributed by atoms with Crippen LogP contribution in [-0.2, 0) is 20.2 Å². The van der Waals surface area contributed by atoms with Gasteiger partial charge in [0.2, 0.25) is 5.16 Å². The summed E-state index contributed by atoms with van der Waals surface area (Å²) in [6, 6.07) is 12.3. The van der Waals surface area contributed by atoms with Crippen molar-refractivity contribution >= 4 is 27.7 Å². The third-order valence-electron chi connectivity index (χ3n) is 4.30. The van der Waals surface area contributed by atoms with Crippen LogP contribution in [0.1, 0.15) is 23.6 Å². The Morgan fingerprint density at radius 2 is 2.00 bits per heavy atom. The normalized spacial score (nSPS) is 10.9. The molecule has 0 spiro atoms. The monoisotopic (exact) mass is 491 g/mol. The number of rotatable bonds is 11. The summed E-state index contributed by atoms with van der Waals surface area (Å²) in [5.41, 5.74) is 3.47. The van der Waals surface area contributed by atoms with Gasteiger partial charge >= 0.3 is 0 Å². The van der Waals surface area contributed by atoms with Crippen LogP contribution in [0.4, 0.5) is 0 Å². The Balaban J connectivity index is 1.57. The Kier molecular flexibility index (Phi) is 8.53. The molecule has 2 aromatic carbocycles. The van der Waals surface area contributed by atoms with Crippen molar-refractivity contribution in [3.8, 4) is 11.5 Å². The zero-order valence-electron chi connectivity index (χ0n) is 17.4. The van der Waals surface area contributed by atoms with Crippen LogP contribution >= 0.6 is 27.7 Å². The summed E-state index contributed by atoms with van der Waals surface area (Å²) in [5, 5.41) is 15.7. The summed E-state index contributed by atoms with van der Waals surface area (Å²) in [6.45, 7) is 6.69. The van der Waals surface area contributed by atoms with E-state index >= 15 is 0 Å². The van der Waals surface area contributed by atoms with Gasteiger partial charge in [-0.05, 0) is 47.5 Å². The quantitative estimate of drug-likeness (QED) is 0.319. The number of nitrogens with one attached hydrogen (secondary N) is 1. The van der Waals surface area contributed by atoms with Gasteiger partial charge in [0.15, 0.2) is 11.5 Å². The lowest BCUT2D eigenvalue weighted by molar-refractivity contribution is 0.269. The molecule has 1 N–H and O–H groups in total. The lowest BCUT2D eigenvalue weighted by atomic mass is 10.1. The maximum Gasteiger partial charge on any atom is 0.209 e. The number of aromatic nitrogens is 4. The van der Waals surface area contributed by atoms with Crippen LogP contribution in [0.2, 0.25) is 0 Å². The van der Waals surface area contributed by atoms with Gasteiger partial charge in [0.05, 0.1) is 6.61 Å². The van der Waals surface area contributed by atoms with E-state index in [1.54, 1.807) is 16.4 Å². The molecule has 0 aliphatic heterocycles. The topological polar surface area (TPSA) is 74.1 Å². The molecule has 3 aromatic rings. The molecule has 0 bridgehead atoms. The summed E-state index contributed by atoms with van der Waals surface area (Å²) in [6.07, 6.45) is 0. The van der Waals surface area contributed by atoms with Gasteiger partial charge in [0, 0.05) is 30.4 Å². The van der Waals surface area contributed by atoms with Crippen molar-refractivity contribution in [3.63, 3.8) is 0 Å². The van der Waals surface area contributed by atoms with Gasteiger partial charge in [-0.3, -0.25) is 0 Å². The maximum atomic E-state index is 6.06. The molecule has 30 heavy (non-hydrogen) atoms. The number of hydrogen-bond acceptors (Lipinski definition) is 7. The second kappa shape index (κ2) is 11.3. The summed E-state index contributed by atoms with van der Waals surface area (Å²) in [7, 11) is 1.84. The predicted molar refractivity (Wildman–Crippen MR) is 122 cm³/mol. The minimum absolute atomic E-state index is 0.500. The van der Waals surface area contributed by atoms with E-state index in [0.29, 0.717) is 13.2 Å². The van der Waals surface area contributed by atoms with Crippen molar-refractivity contribution < 1.29 is 9.47 Å². The molecule has 0 saturated heterocycles. The van der Waals surface area contributed by atoms with Crippen LogP contribution in [0.25, 0.3) is 0 Å². The Bertz CT molecular complexity index is 966. The second-order valence-corrected chi connectivity index (χ2v) is 8.63. The number of nitrogens with zero attached hydrogens (tertiary/aromatic N) is 4. The first kappa shape index (κ1) is 22.6. The molecular weight excluding hydrogens is 466 g/mol. The highest BCUT2D eigenvalue weighted by Crippen LogP contribution is 2.34. The summed E-state index contributed by atoms with van der Waals surface area (Å²) >= 11 is 5.29. The highest BCUT2D eigenvalue weighted by molar-refractivity contribution is 9.10. The molecule has 7 nitrogen and oxygen atoms in total. The molecule has 1 heterocycles. The molecule has 0 saturated carbocycles. The number of tetrazole rings is 1. The molecule has 3 rings (SSSR count). The fourth-order valence-corrected chi connectivity index (χ4v) is 4.05. The highest BCUT2D eigenvalue weighted by Gasteiger charge is 2.11. The summed E-state index contributed by atoms with van der Waals surface area (Å²) < 4.78 is 14.6. The molecule has 0 fully saturated rings. The Morgan fingerprint density at radius 1 is 1.17 bits per heavy atom. The summed E-state index contributed by atoms with van der Waals surface area (Å²) in [5.74, 6) is 2.37. The first-order valence-electron chi connectivity index (χ1n) is 9.76. The van der Waals surface area contributed by atoms with E-state index in [1.165, 1.54) is 5.56 Å². The molecule has 1 aromatic heterocycles. The second-order valence-electron chi connectivity index (χ2n) is 6.71. The zero-order valence-corrected chi connectivity index (χ0v) is 19.8. The lowest BCUT2D eigenvalue weighted by Crippen LogP contribution is -2.17. The molecule has 9 heteroatoms. The third kappa shape index (κ3) is 6.45. The largest absolute Gasteiger partial charge is 0.490 e.